The van der Waals surface area contributed by atoms with E-state index < -0.39 is 0 Å². The van der Waals surface area contributed by atoms with Gasteiger partial charge in [0.25, 0.3) is 0 Å². The lowest BCUT2D eigenvalue weighted by Gasteiger charge is -2.21. The molecule has 1 rings (SSSR count). The van der Waals surface area contributed by atoms with E-state index in [4.69, 9.17) is 4.74 Å². The molecule has 0 aliphatic carbocycles. The normalized spacial score (nSPS) is 13.1. The van der Waals surface area contributed by atoms with Crippen LogP contribution in [-0.4, -0.2) is 49.9 Å². The minimum absolute atomic E-state index is 0.184. The Kier molecular flexibility index (Phi) is 13.0. The van der Waals surface area contributed by atoms with E-state index in [9.17, 15) is 4.79 Å². The van der Waals surface area contributed by atoms with E-state index in [0.717, 1.165) is 17.8 Å². The first kappa shape index (κ1) is 24.1. The molecule has 6 heteroatoms. The van der Waals surface area contributed by atoms with Crippen molar-refractivity contribution in [2.24, 2.45) is 4.99 Å². The standard InChI is InChI=1S/C22H30N2O2S2/c1-3-23-15-8-6-4-5-7-9-19-10-12-20(13-11-19)24(2)17-22(25)26-21(18-28)14-16-27/h4-13,15,21,27-28H,3,14,16-18H2,1-2H3/b5-4+,8-6-,9-7+,23-15+. The molecule has 1 atom stereocenters. The Morgan fingerprint density at radius 2 is 1.82 bits per heavy atom. The molecule has 0 spiro atoms. The number of allylic oxidation sites excluding steroid dienone is 5. The summed E-state index contributed by atoms with van der Waals surface area (Å²) in [5.41, 5.74) is 2.05. The van der Waals surface area contributed by atoms with Crippen LogP contribution in [0.4, 0.5) is 5.69 Å². The van der Waals surface area contributed by atoms with Crippen LogP contribution in [0.3, 0.4) is 0 Å². The van der Waals surface area contributed by atoms with E-state index in [-0.39, 0.29) is 18.6 Å². The molecule has 0 bridgehead atoms. The lowest BCUT2D eigenvalue weighted by atomic mass is 10.2. The van der Waals surface area contributed by atoms with Gasteiger partial charge < -0.3 is 9.64 Å². The fourth-order valence-corrected chi connectivity index (χ4v) is 2.80. The fraction of sp³-hybridized carbons (Fsp3) is 0.364. The summed E-state index contributed by atoms with van der Waals surface area (Å²) in [5, 5.41) is 0. The first-order valence-electron chi connectivity index (χ1n) is 9.33. The molecule has 0 amide bonds. The highest BCUT2D eigenvalue weighted by molar-refractivity contribution is 7.80. The summed E-state index contributed by atoms with van der Waals surface area (Å²) in [5.74, 6) is 0.921. The molecule has 28 heavy (non-hydrogen) atoms. The van der Waals surface area contributed by atoms with Crippen LogP contribution in [0, 0.1) is 0 Å². The van der Waals surface area contributed by atoms with E-state index in [1.165, 1.54) is 0 Å². The van der Waals surface area contributed by atoms with Crippen LogP contribution in [0.15, 0.2) is 59.6 Å². The van der Waals surface area contributed by atoms with Gasteiger partial charge in [-0.3, -0.25) is 9.79 Å². The summed E-state index contributed by atoms with van der Waals surface area (Å²) in [4.78, 5) is 18.0. The second-order valence-electron chi connectivity index (χ2n) is 6.03. The highest BCUT2D eigenvalue weighted by Crippen LogP contribution is 2.15. The van der Waals surface area contributed by atoms with Gasteiger partial charge in [-0.1, -0.05) is 42.5 Å². The maximum absolute atomic E-state index is 12.1. The Morgan fingerprint density at radius 1 is 1.14 bits per heavy atom. The zero-order valence-electron chi connectivity index (χ0n) is 16.6. The summed E-state index contributed by atoms with van der Waals surface area (Å²) in [6.45, 7) is 3.00. The number of rotatable bonds is 12. The number of aliphatic imine (C=N–C) groups is 1. The van der Waals surface area contributed by atoms with Gasteiger partial charge in [-0.05, 0) is 42.9 Å². The van der Waals surface area contributed by atoms with E-state index in [1.807, 2.05) is 79.6 Å². The van der Waals surface area contributed by atoms with Crippen molar-refractivity contribution in [1.29, 1.82) is 0 Å². The van der Waals surface area contributed by atoms with Crippen LogP contribution in [0.25, 0.3) is 6.08 Å². The summed E-state index contributed by atoms with van der Waals surface area (Å²) < 4.78 is 5.42. The van der Waals surface area contributed by atoms with Crippen molar-refractivity contribution < 1.29 is 9.53 Å². The highest BCUT2D eigenvalue weighted by atomic mass is 32.1. The van der Waals surface area contributed by atoms with Crippen molar-refractivity contribution in [2.75, 3.05) is 36.5 Å². The van der Waals surface area contributed by atoms with Crippen molar-refractivity contribution in [1.82, 2.24) is 0 Å². The van der Waals surface area contributed by atoms with Crippen molar-refractivity contribution in [3.63, 3.8) is 0 Å². The van der Waals surface area contributed by atoms with Gasteiger partial charge in [-0.15, -0.1) is 0 Å². The van der Waals surface area contributed by atoms with Crippen molar-refractivity contribution in [2.45, 2.75) is 19.4 Å². The molecule has 0 aromatic heterocycles. The molecule has 1 aromatic carbocycles. The third-order valence-corrected chi connectivity index (χ3v) is 4.43. The molecule has 0 aliphatic heterocycles. The number of thiol groups is 2. The molecule has 0 heterocycles. The van der Waals surface area contributed by atoms with Crippen LogP contribution >= 0.6 is 25.3 Å². The minimum Gasteiger partial charge on any atom is -0.460 e. The Bertz CT molecular complexity index is 682. The van der Waals surface area contributed by atoms with Gasteiger partial charge in [0.15, 0.2) is 0 Å². The molecule has 1 unspecified atom stereocenters. The number of esters is 1. The van der Waals surface area contributed by atoms with Crippen LogP contribution in [0.2, 0.25) is 0 Å². The molecular weight excluding hydrogens is 388 g/mol. The molecule has 0 saturated heterocycles. The predicted octanol–water partition coefficient (Wildman–Crippen LogP) is 4.50. The number of likely N-dealkylation sites (N-methyl/N-ethyl adjacent to an activating group) is 1. The van der Waals surface area contributed by atoms with Crippen LogP contribution in [0.5, 0.6) is 0 Å². The fourth-order valence-electron chi connectivity index (χ4n) is 2.25. The smallest absolute Gasteiger partial charge is 0.325 e. The Hall–Kier alpha value is -1.92. The summed E-state index contributed by atoms with van der Waals surface area (Å²) in [6.07, 6.45) is 14.1. The second kappa shape index (κ2) is 15.1. The zero-order valence-corrected chi connectivity index (χ0v) is 18.4. The van der Waals surface area contributed by atoms with Gasteiger partial charge >= 0.3 is 5.97 Å². The summed E-state index contributed by atoms with van der Waals surface area (Å²) in [7, 11) is 1.87. The van der Waals surface area contributed by atoms with Gasteiger partial charge in [-0.25, -0.2) is 0 Å². The topological polar surface area (TPSA) is 41.9 Å². The first-order chi connectivity index (χ1) is 13.6. The molecule has 0 N–H and O–H groups in total. The molecule has 152 valence electrons. The van der Waals surface area contributed by atoms with Crippen molar-refractivity contribution >= 4 is 49.2 Å². The molecule has 0 saturated carbocycles. The number of carbonyl (C=O) groups excluding carboxylic acids is 1. The third kappa shape index (κ3) is 10.4. The zero-order chi connectivity index (χ0) is 20.6. The largest absolute Gasteiger partial charge is 0.460 e. The van der Waals surface area contributed by atoms with E-state index in [0.29, 0.717) is 17.9 Å². The van der Waals surface area contributed by atoms with E-state index in [2.05, 4.69) is 30.2 Å². The SMILES string of the molecule is CC/N=C/C=C\C=C\C=C\c1ccc(N(C)CC(=O)OC(CS)CCS)cc1. The van der Waals surface area contributed by atoms with E-state index >= 15 is 0 Å². The van der Waals surface area contributed by atoms with E-state index in [1.54, 1.807) is 6.21 Å². The van der Waals surface area contributed by atoms with Crippen LogP contribution < -0.4 is 4.90 Å². The first-order valence-corrected chi connectivity index (χ1v) is 10.6. The molecular formula is C22H30N2O2S2. The second-order valence-corrected chi connectivity index (χ2v) is 6.84. The summed E-state index contributed by atoms with van der Waals surface area (Å²) in [6, 6.07) is 8.01. The average molecular weight is 419 g/mol. The Morgan fingerprint density at radius 3 is 2.46 bits per heavy atom. The third-order valence-electron chi connectivity index (χ3n) is 3.76. The van der Waals surface area contributed by atoms with Crippen molar-refractivity contribution in [3.05, 3.63) is 60.2 Å². The lowest BCUT2D eigenvalue weighted by Crippen LogP contribution is -2.30. The molecule has 0 aliphatic rings. The van der Waals surface area contributed by atoms with Gasteiger partial charge in [0, 0.05) is 31.2 Å². The van der Waals surface area contributed by atoms with Crippen molar-refractivity contribution in [3.8, 4) is 0 Å². The number of nitrogens with zero attached hydrogens (tertiary/aromatic N) is 2. The maximum atomic E-state index is 12.1. The highest BCUT2D eigenvalue weighted by Gasteiger charge is 2.14. The number of carbonyl (C=O) groups is 1. The molecule has 4 nitrogen and oxygen atoms in total. The van der Waals surface area contributed by atoms with Crippen LogP contribution in [-0.2, 0) is 9.53 Å². The molecule has 0 radical (unpaired) electrons. The lowest BCUT2D eigenvalue weighted by molar-refractivity contribution is -0.146. The van der Waals surface area contributed by atoms with Gasteiger partial charge in [-0.2, -0.15) is 25.3 Å². The molecule has 1 aromatic rings. The Labute approximate surface area is 179 Å². The summed E-state index contributed by atoms with van der Waals surface area (Å²) >= 11 is 8.38. The monoisotopic (exact) mass is 418 g/mol. The quantitative estimate of drug-likeness (QED) is 0.227. The van der Waals surface area contributed by atoms with Crippen LogP contribution in [0.1, 0.15) is 18.9 Å². The number of hydrogen-bond acceptors (Lipinski definition) is 6. The Balaban J connectivity index is 2.51. The maximum Gasteiger partial charge on any atom is 0.325 e. The van der Waals surface area contributed by atoms with Gasteiger partial charge in [0.2, 0.25) is 0 Å². The van der Waals surface area contributed by atoms with Gasteiger partial charge in [0.05, 0.1) is 0 Å². The minimum atomic E-state index is -0.255. The predicted molar refractivity (Wildman–Crippen MR) is 128 cm³/mol. The average Bonchev–Trinajstić information content (AvgIpc) is 2.70. The number of hydrogen-bond donors (Lipinski definition) is 2. The molecule has 0 fully saturated rings. The van der Waals surface area contributed by atoms with Gasteiger partial charge in [0.1, 0.15) is 12.6 Å². The number of benzene rings is 1. The number of ether oxygens (including phenoxy) is 1. The number of anilines is 1.